The molecule has 1 aliphatic rings. The Morgan fingerprint density at radius 1 is 1.27 bits per heavy atom. The topological polar surface area (TPSA) is 53.7 Å². The van der Waals surface area contributed by atoms with Gasteiger partial charge in [0.15, 0.2) is 5.65 Å². The van der Waals surface area contributed by atoms with E-state index in [1.807, 2.05) is 18.0 Å². The van der Waals surface area contributed by atoms with Gasteiger partial charge < -0.3 is 9.80 Å². The summed E-state index contributed by atoms with van der Waals surface area (Å²) in [6, 6.07) is 0.558. The maximum absolute atomic E-state index is 12.8. The quantitative estimate of drug-likeness (QED) is 0.845. The number of rotatable bonds is 2. The lowest BCUT2D eigenvalue weighted by Crippen LogP contribution is -2.33. The van der Waals surface area contributed by atoms with Crippen LogP contribution in [0.5, 0.6) is 0 Å². The summed E-state index contributed by atoms with van der Waals surface area (Å²) in [5.74, 6) is 0.0470. The minimum atomic E-state index is 0.0470. The third-order valence-electron chi connectivity index (χ3n) is 4.43. The highest BCUT2D eigenvalue weighted by atomic mass is 16.2. The van der Waals surface area contributed by atoms with Crippen LogP contribution in [0, 0.1) is 6.92 Å². The van der Waals surface area contributed by atoms with Crippen LogP contribution in [-0.4, -0.2) is 63.5 Å². The number of aromatic nitrogens is 3. The highest BCUT2D eigenvalue weighted by molar-refractivity contribution is 5.99. The summed E-state index contributed by atoms with van der Waals surface area (Å²) >= 11 is 0. The second kappa shape index (κ2) is 6.04. The van der Waals surface area contributed by atoms with Crippen LogP contribution < -0.4 is 0 Å². The lowest BCUT2D eigenvalue weighted by Gasteiger charge is -2.23. The molecule has 1 aliphatic heterocycles. The van der Waals surface area contributed by atoms with Gasteiger partial charge in [0.1, 0.15) is 5.56 Å². The van der Waals surface area contributed by atoms with Crippen molar-refractivity contribution in [3.05, 3.63) is 29.7 Å². The largest absolute Gasteiger partial charge is 0.338 e. The molecule has 3 heterocycles. The minimum Gasteiger partial charge on any atom is -0.338 e. The highest BCUT2D eigenvalue weighted by Gasteiger charge is 2.24. The van der Waals surface area contributed by atoms with Crippen molar-refractivity contribution in [1.29, 1.82) is 0 Å². The normalized spacial score (nSPS) is 19.6. The van der Waals surface area contributed by atoms with Crippen LogP contribution in [0.25, 0.3) is 5.65 Å². The van der Waals surface area contributed by atoms with E-state index < -0.39 is 0 Å². The van der Waals surface area contributed by atoms with Gasteiger partial charge in [-0.25, -0.2) is 9.50 Å². The molecule has 1 atom stereocenters. The van der Waals surface area contributed by atoms with Gasteiger partial charge in [-0.2, -0.15) is 5.10 Å². The first kappa shape index (κ1) is 15.0. The van der Waals surface area contributed by atoms with Crippen molar-refractivity contribution in [2.75, 3.05) is 27.2 Å². The molecule has 118 valence electrons. The molecule has 0 spiro atoms. The lowest BCUT2D eigenvalue weighted by atomic mass is 10.1. The Hall–Kier alpha value is -1.95. The van der Waals surface area contributed by atoms with Crippen LogP contribution >= 0.6 is 0 Å². The smallest absolute Gasteiger partial charge is 0.259 e. The van der Waals surface area contributed by atoms with E-state index in [2.05, 4.69) is 29.1 Å². The average Bonchev–Trinajstić information content (AvgIpc) is 2.74. The molecule has 22 heavy (non-hydrogen) atoms. The third kappa shape index (κ3) is 2.83. The van der Waals surface area contributed by atoms with Crippen molar-refractivity contribution in [2.24, 2.45) is 0 Å². The average molecular weight is 301 g/mol. The first-order valence-electron chi connectivity index (χ1n) is 7.82. The molecule has 6 nitrogen and oxygen atoms in total. The van der Waals surface area contributed by atoms with Gasteiger partial charge in [0.05, 0.1) is 6.20 Å². The van der Waals surface area contributed by atoms with Crippen LogP contribution in [0.15, 0.2) is 18.6 Å². The van der Waals surface area contributed by atoms with E-state index in [9.17, 15) is 4.79 Å². The predicted molar refractivity (Wildman–Crippen MR) is 85.0 cm³/mol. The fourth-order valence-electron chi connectivity index (χ4n) is 3.09. The second-order valence-corrected chi connectivity index (χ2v) is 6.30. The van der Waals surface area contributed by atoms with Crippen molar-refractivity contribution >= 4 is 11.6 Å². The molecule has 3 rings (SSSR count). The number of hydrogen-bond acceptors (Lipinski definition) is 4. The maximum Gasteiger partial charge on any atom is 0.259 e. The molecular formula is C16H23N5O. The molecular weight excluding hydrogens is 278 g/mol. The van der Waals surface area contributed by atoms with E-state index in [1.54, 1.807) is 16.9 Å². The molecule has 0 saturated carbocycles. The van der Waals surface area contributed by atoms with E-state index in [0.717, 1.165) is 37.9 Å². The van der Waals surface area contributed by atoms with E-state index in [1.165, 1.54) is 0 Å². The summed E-state index contributed by atoms with van der Waals surface area (Å²) in [5.41, 5.74) is 2.27. The molecule has 0 unspecified atom stereocenters. The molecule has 0 aromatic carbocycles. The van der Waals surface area contributed by atoms with Crippen molar-refractivity contribution in [1.82, 2.24) is 24.4 Å². The Labute approximate surface area is 130 Å². The molecule has 2 aromatic rings. The standard InChI is InChI=1S/C16H23N5O/c1-12-9-17-15-14(10-18-21(15)11-12)16(22)20-7-4-5-13(6-8-20)19(2)3/h9-11,13H,4-8H2,1-3H3/t13-/m1/s1. The van der Waals surface area contributed by atoms with E-state index in [-0.39, 0.29) is 5.91 Å². The molecule has 1 amide bonds. The van der Waals surface area contributed by atoms with Gasteiger partial charge in [-0.3, -0.25) is 4.79 Å². The number of nitrogens with zero attached hydrogens (tertiary/aromatic N) is 5. The SMILES string of the molecule is Cc1cnc2c(C(=O)N3CCC[C@@H](N(C)C)CC3)cnn2c1. The number of hydrogen-bond donors (Lipinski definition) is 0. The number of aryl methyl sites for hydroxylation is 1. The monoisotopic (exact) mass is 301 g/mol. The third-order valence-corrected chi connectivity index (χ3v) is 4.43. The summed E-state index contributed by atoms with van der Waals surface area (Å²) in [5, 5.41) is 4.26. The Kier molecular flexibility index (Phi) is 4.11. The number of likely N-dealkylation sites (tertiary alicyclic amines) is 1. The molecule has 1 saturated heterocycles. The Balaban J connectivity index is 1.80. The predicted octanol–water partition coefficient (Wildman–Crippen LogP) is 1.59. The van der Waals surface area contributed by atoms with Crippen molar-refractivity contribution in [2.45, 2.75) is 32.2 Å². The van der Waals surface area contributed by atoms with Crippen molar-refractivity contribution in [3.63, 3.8) is 0 Å². The molecule has 0 aliphatic carbocycles. The van der Waals surface area contributed by atoms with Gasteiger partial charge in [0.25, 0.3) is 5.91 Å². The second-order valence-electron chi connectivity index (χ2n) is 6.30. The van der Waals surface area contributed by atoms with Crippen molar-refractivity contribution in [3.8, 4) is 0 Å². The lowest BCUT2D eigenvalue weighted by molar-refractivity contribution is 0.0760. The van der Waals surface area contributed by atoms with Crippen LogP contribution in [0.1, 0.15) is 35.2 Å². The molecule has 0 bridgehead atoms. The van der Waals surface area contributed by atoms with E-state index in [0.29, 0.717) is 17.3 Å². The Bertz CT molecular complexity index is 678. The van der Waals surface area contributed by atoms with E-state index >= 15 is 0 Å². The van der Waals surface area contributed by atoms with Gasteiger partial charge >= 0.3 is 0 Å². The van der Waals surface area contributed by atoms with Gasteiger partial charge in [-0.1, -0.05) is 0 Å². The zero-order valence-corrected chi connectivity index (χ0v) is 13.5. The fourth-order valence-corrected chi connectivity index (χ4v) is 3.09. The Morgan fingerprint density at radius 2 is 2.09 bits per heavy atom. The number of carbonyl (C=O) groups excluding carboxylic acids is 1. The summed E-state index contributed by atoms with van der Waals surface area (Å²) in [6.45, 7) is 3.57. The van der Waals surface area contributed by atoms with Crippen molar-refractivity contribution < 1.29 is 4.79 Å². The molecule has 0 radical (unpaired) electrons. The molecule has 6 heteroatoms. The zero-order valence-electron chi connectivity index (χ0n) is 13.5. The molecule has 0 N–H and O–H groups in total. The fraction of sp³-hybridized carbons (Fsp3) is 0.562. The highest BCUT2D eigenvalue weighted by Crippen LogP contribution is 2.18. The summed E-state index contributed by atoms with van der Waals surface area (Å²) in [4.78, 5) is 21.4. The molecule has 1 fully saturated rings. The first-order valence-corrected chi connectivity index (χ1v) is 7.82. The van der Waals surface area contributed by atoms with Gasteiger partial charge in [0, 0.05) is 31.5 Å². The Morgan fingerprint density at radius 3 is 2.86 bits per heavy atom. The van der Waals surface area contributed by atoms with Crippen LogP contribution in [0.2, 0.25) is 0 Å². The number of fused-ring (bicyclic) bond motifs is 1. The zero-order chi connectivity index (χ0) is 15.7. The number of amides is 1. The van der Waals surface area contributed by atoms with Crippen LogP contribution in [0.3, 0.4) is 0 Å². The summed E-state index contributed by atoms with van der Waals surface area (Å²) in [6.07, 6.45) is 8.51. The molecule has 2 aromatic heterocycles. The minimum absolute atomic E-state index is 0.0470. The van der Waals surface area contributed by atoms with Gasteiger partial charge in [0.2, 0.25) is 0 Å². The first-order chi connectivity index (χ1) is 10.6. The van der Waals surface area contributed by atoms with Crippen LogP contribution in [-0.2, 0) is 0 Å². The van der Waals surface area contributed by atoms with Gasteiger partial charge in [-0.15, -0.1) is 0 Å². The van der Waals surface area contributed by atoms with Gasteiger partial charge in [-0.05, 0) is 45.8 Å². The van der Waals surface area contributed by atoms with E-state index in [4.69, 9.17) is 0 Å². The summed E-state index contributed by atoms with van der Waals surface area (Å²) < 4.78 is 1.68. The van der Waals surface area contributed by atoms with Crippen LogP contribution in [0.4, 0.5) is 0 Å². The maximum atomic E-state index is 12.8. The number of carbonyl (C=O) groups is 1. The summed E-state index contributed by atoms with van der Waals surface area (Å²) in [7, 11) is 4.22.